The Morgan fingerprint density at radius 1 is 1.30 bits per heavy atom. The molecule has 1 aliphatic heterocycles. The Kier molecular flexibility index (Phi) is 5.29. The number of nitrogens with zero attached hydrogens (tertiary/aromatic N) is 1. The number of hydrogen-bond donors (Lipinski definition) is 1. The zero-order valence-corrected chi connectivity index (χ0v) is 17.0. The first-order chi connectivity index (χ1) is 14.5. The van der Waals surface area contributed by atoms with Crippen LogP contribution in [0.5, 0.6) is 11.5 Å². The number of thiophene rings is 1. The Labute approximate surface area is 177 Å². The second-order valence-electron chi connectivity index (χ2n) is 6.82. The number of allylic oxidation sites excluding steroid dienone is 3. The molecule has 1 aromatic carbocycles. The summed E-state index contributed by atoms with van der Waals surface area (Å²) < 4.78 is 16.5. The van der Waals surface area contributed by atoms with Gasteiger partial charge < -0.3 is 19.9 Å². The highest BCUT2D eigenvalue weighted by atomic mass is 32.1. The van der Waals surface area contributed by atoms with Gasteiger partial charge in [-0.25, -0.2) is 4.79 Å². The van der Waals surface area contributed by atoms with Crippen molar-refractivity contribution in [2.24, 2.45) is 5.73 Å². The number of hydrogen-bond acceptors (Lipinski definition) is 8. The summed E-state index contributed by atoms with van der Waals surface area (Å²) in [6.07, 6.45) is 1.66. The molecule has 0 spiro atoms. The van der Waals surface area contributed by atoms with E-state index in [0.29, 0.717) is 46.8 Å². The predicted octanol–water partition coefficient (Wildman–Crippen LogP) is 3.79. The molecule has 2 heterocycles. The zero-order valence-electron chi connectivity index (χ0n) is 16.1. The molecule has 0 fully saturated rings. The molecule has 2 aliphatic rings. The SMILES string of the molecule is COc1cc(C2C(C#N)=C(N)OC3=C2C(=O)CCC3)ccc1OC(=O)c1cccs1. The van der Waals surface area contributed by atoms with Crippen molar-refractivity contribution in [1.82, 2.24) is 0 Å². The molecular weight excluding hydrogens is 404 g/mol. The third-order valence-corrected chi connectivity index (χ3v) is 5.90. The Hall–Kier alpha value is -3.57. The number of Topliss-reactive ketones (excluding diaryl/α,β-unsaturated/α-hetero) is 1. The number of rotatable bonds is 4. The number of esters is 1. The first kappa shape index (κ1) is 19.7. The summed E-state index contributed by atoms with van der Waals surface area (Å²) >= 11 is 1.28. The molecule has 2 N–H and O–H groups in total. The molecule has 7 nitrogen and oxygen atoms in total. The van der Waals surface area contributed by atoms with Crippen molar-refractivity contribution in [3.05, 3.63) is 68.9 Å². The van der Waals surface area contributed by atoms with Gasteiger partial charge in [0.15, 0.2) is 17.3 Å². The van der Waals surface area contributed by atoms with E-state index in [1.54, 1.807) is 35.7 Å². The van der Waals surface area contributed by atoms with Crippen molar-refractivity contribution >= 4 is 23.1 Å². The minimum atomic E-state index is -0.650. The largest absolute Gasteiger partial charge is 0.493 e. The van der Waals surface area contributed by atoms with Crippen molar-refractivity contribution < 1.29 is 23.8 Å². The molecule has 1 atom stereocenters. The van der Waals surface area contributed by atoms with Gasteiger partial charge in [0.05, 0.1) is 13.0 Å². The minimum Gasteiger partial charge on any atom is -0.493 e. The number of carbonyl (C=O) groups excluding carboxylic acids is 2. The standard InChI is InChI=1S/C22H18N2O5S/c1-27-17-10-12(7-8-15(17)29-22(26)18-6-3-9-30-18)19-13(11-23)21(24)28-16-5-2-4-14(25)20(16)19/h3,6-10,19H,2,4-5,24H2,1H3. The third-order valence-electron chi connectivity index (χ3n) is 5.05. The van der Waals surface area contributed by atoms with Crippen LogP contribution in [-0.2, 0) is 9.53 Å². The average molecular weight is 422 g/mol. The van der Waals surface area contributed by atoms with Crippen molar-refractivity contribution in [2.75, 3.05) is 7.11 Å². The van der Waals surface area contributed by atoms with Gasteiger partial charge in [-0.15, -0.1) is 11.3 Å². The van der Waals surface area contributed by atoms with Gasteiger partial charge in [0.1, 0.15) is 22.3 Å². The number of ether oxygens (including phenoxy) is 3. The van der Waals surface area contributed by atoms with Gasteiger partial charge in [-0.05, 0) is 35.6 Å². The molecule has 0 saturated heterocycles. The Morgan fingerprint density at radius 2 is 2.13 bits per heavy atom. The molecule has 1 aliphatic carbocycles. The van der Waals surface area contributed by atoms with Crippen LogP contribution in [-0.4, -0.2) is 18.9 Å². The van der Waals surface area contributed by atoms with E-state index in [4.69, 9.17) is 19.9 Å². The molecule has 2 aromatic rings. The van der Waals surface area contributed by atoms with Crippen LogP contribution in [0.2, 0.25) is 0 Å². The first-order valence-electron chi connectivity index (χ1n) is 9.31. The molecule has 0 amide bonds. The van der Waals surface area contributed by atoms with Gasteiger partial charge in [-0.1, -0.05) is 12.1 Å². The lowest BCUT2D eigenvalue weighted by Gasteiger charge is -2.31. The van der Waals surface area contributed by atoms with E-state index in [1.165, 1.54) is 18.4 Å². The Morgan fingerprint density at radius 3 is 2.83 bits per heavy atom. The summed E-state index contributed by atoms with van der Waals surface area (Å²) in [5.41, 5.74) is 7.24. The van der Waals surface area contributed by atoms with Crippen molar-refractivity contribution in [3.63, 3.8) is 0 Å². The summed E-state index contributed by atoms with van der Waals surface area (Å²) in [7, 11) is 1.46. The van der Waals surface area contributed by atoms with Crippen LogP contribution in [0.4, 0.5) is 0 Å². The van der Waals surface area contributed by atoms with Gasteiger partial charge in [0.2, 0.25) is 5.88 Å². The zero-order chi connectivity index (χ0) is 21.3. The maximum atomic E-state index is 12.7. The molecule has 1 unspecified atom stereocenters. The van der Waals surface area contributed by atoms with Gasteiger partial charge in [-0.3, -0.25) is 4.79 Å². The molecule has 4 rings (SSSR count). The number of nitrogens with two attached hydrogens (primary N) is 1. The second kappa shape index (κ2) is 8.05. The number of methoxy groups -OCH3 is 1. The number of benzene rings is 1. The second-order valence-corrected chi connectivity index (χ2v) is 7.76. The fourth-order valence-electron chi connectivity index (χ4n) is 3.68. The summed E-state index contributed by atoms with van der Waals surface area (Å²) in [5, 5.41) is 11.5. The van der Waals surface area contributed by atoms with Crippen LogP contribution < -0.4 is 15.2 Å². The molecule has 1 aromatic heterocycles. The molecule has 30 heavy (non-hydrogen) atoms. The van der Waals surface area contributed by atoms with Crippen LogP contribution in [0.1, 0.15) is 40.4 Å². The maximum absolute atomic E-state index is 12.7. The molecule has 0 bridgehead atoms. The van der Waals surface area contributed by atoms with Gasteiger partial charge in [0, 0.05) is 18.4 Å². The average Bonchev–Trinajstić information content (AvgIpc) is 3.28. The first-order valence-corrected chi connectivity index (χ1v) is 10.2. The fourth-order valence-corrected chi connectivity index (χ4v) is 4.28. The Bertz CT molecular complexity index is 1120. The van der Waals surface area contributed by atoms with Crippen molar-refractivity contribution in [3.8, 4) is 17.6 Å². The summed E-state index contributed by atoms with van der Waals surface area (Å²) in [5.74, 6) is -0.132. The monoisotopic (exact) mass is 422 g/mol. The Balaban J connectivity index is 1.74. The van der Waals surface area contributed by atoms with Crippen LogP contribution in [0.25, 0.3) is 0 Å². The van der Waals surface area contributed by atoms with Gasteiger partial charge in [-0.2, -0.15) is 5.26 Å². The van der Waals surface area contributed by atoms with Crippen LogP contribution in [0.15, 0.2) is 58.5 Å². The molecule has 8 heteroatoms. The normalized spacial score (nSPS) is 18.4. The summed E-state index contributed by atoms with van der Waals surface area (Å²) in [6.45, 7) is 0. The highest BCUT2D eigenvalue weighted by Crippen LogP contribution is 2.45. The number of nitriles is 1. The predicted molar refractivity (Wildman–Crippen MR) is 109 cm³/mol. The van der Waals surface area contributed by atoms with E-state index < -0.39 is 11.9 Å². The minimum absolute atomic E-state index is 0.00289. The summed E-state index contributed by atoms with van der Waals surface area (Å²) in [4.78, 5) is 25.4. The lowest BCUT2D eigenvalue weighted by Crippen LogP contribution is -2.27. The number of carbonyl (C=O) groups is 2. The maximum Gasteiger partial charge on any atom is 0.353 e. The highest BCUT2D eigenvalue weighted by molar-refractivity contribution is 7.12. The van der Waals surface area contributed by atoms with Gasteiger partial charge in [0.25, 0.3) is 0 Å². The van der Waals surface area contributed by atoms with Crippen LogP contribution in [0, 0.1) is 11.3 Å². The van der Waals surface area contributed by atoms with Crippen LogP contribution in [0.3, 0.4) is 0 Å². The number of ketones is 1. The van der Waals surface area contributed by atoms with Crippen molar-refractivity contribution in [2.45, 2.75) is 25.2 Å². The topological polar surface area (TPSA) is 112 Å². The van der Waals surface area contributed by atoms with Crippen LogP contribution >= 0.6 is 11.3 Å². The van der Waals surface area contributed by atoms with E-state index in [1.807, 2.05) is 0 Å². The fraction of sp³-hybridized carbons (Fsp3) is 0.227. The molecule has 152 valence electrons. The molecule has 0 radical (unpaired) electrons. The van der Waals surface area contributed by atoms with E-state index in [-0.39, 0.29) is 23.0 Å². The lowest BCUT2D eigenvalue weighted by atomic mass is 9.77. The lowest BCUT2D eigenvalue weighted by molar-refractivity contribution is -0.116. The highest BCUT2D eigenvalue weighted by Gasteiger charge is 2.38. The summed E-state index contributed by atoms with van der Waals surface area (Å²) in [6, 6.07) is 10.5. The van der Waals surface area contributed by atoms with E-state index in [2.05, 4.69) is 6.07 Å². The molecule has 0 saturated carbocycles. The van der Waals surface area contributed by atoms with E-state index in [9.17, 15) is 14.9 Å². The van der Waals surface area contributed by atoms with Gasteiger partial charge >= 0.3 is 5.97 Å². The molecular formula is C22H18N2O5S. The third kappa shape index (κ3) is 3.44. The quantitative estimate of drug-likeness (QED) is 0.589. The van der Waals surface area contributed by atoms with E-state index in [0.717, 1.165) is 0 Å². The van der Waals surface area contributed by atoms with E-state index >= 15 is 0 Å². The smallest absolute Gasteiger partial charge is 0.353 e. The van der Waals surface area contributed by atoms with Crippen molar-refractivity contribution in [1.29, 1.82) is 5.26 Å².